The topological polar surface area (TPSA) is 66.8 Å². The first-order valence-electron chi connectivity index (χ1n) is 11.7. The second kappa shape index (κ2) is 12.5. The van der Waals surface area contributed by atoms with Crippen molar-refractivity contribution in [2.45, 2.75) is 37.0 Å². The number of hydrogen-bond acceptors (Lipinski definition) is 5. The Balaban J connectivity index is 1.70. The van der Waals surface area contributed by atoms with Gasteiger partial charge in [-0.3, -0.25) is 4.90 Å². The smallest absolute Gasteiger partial charge is 0.416 e. The third-order valence-electron chi connectivity index (χ3n) is 5.69. The van der Waals surface area contributed by atoms with Gasteiger partial charge in [0.2, 0.25) is 0 Å². The first-order valence-corrected chi connectivity index (χ1v) is 13.5. The maximum atomic E-state index is 14.5. The molecule has 0 saturated carbocycles. The fourth-order valence-electron chi connectivity index (χ4n) is 3.99. The first-order chi connectivity index (χ1) is 17.5. The van der Waals surface area contributed by atoms with Crippen LogP contribution in [-0.2, 0) is 35.5 Å². The standard InChI is InChI=1S/C27H29F4NO4S/c1-37(34,35)26-17-23(16-25(28)24(26)11-13-33)36-14-6-12-32(18-20-7-3-2-4-8-20)19-21-9-5-10-22(15-21)27(29,30)31/h2-5,7-10,15-17,33H,6,11-14,18-19H2,1H3. The lowest BCUT2D eigenvalue weighted by Gasteiger charge is -2.23. The van der Waals surface area contributed by atoms with Crippen LogP contribution in [0.25, 0.3) is 0 Å². The van der Waals surface area contributed by atoms with E-state index >= 15 is 0 Å². The Morgan fingerprint density at radius 2 is 1.62 bits per heavy atom. The van der Waals surface area contributed by atoms with Crippen LogP contribution in [0.1, 0.15) is 28.7 Å². The van der Waals surface area contributed by atoms with Gasteiger partial charge in [-0.05, 0) is 36.1 Å². The monoisotopic (exact) mass is 539 g/mol. The van der Waals surface area contributed by atoms with Crippen molar-refractivity contribution in [3.63, 3.8) is 0 Å². The molecule has 0 aliphatic heterocycles. The summed E-state index contributed by atoms with van der Waals surface area (Å²) >= 11 is 0. The summed E-state index contributed by atoms with van der Waals surface area (Å²) in [6.45, 7) is 0.981. The average Bonchev–Trinajstić information content (AvgIpc) is 2.83. The molecular formula is C27H29F4NO4S. The minimum absolute atomic E-state index is 0.0482. The summed E-state index contributed by atoms with van der Waals surface area (Å²) in [5, 5.41) is 9.14. The van der Waals surface area contributed by atoms with Crippen LogP contribution < -0.4 is 4.74 Å². The van der Waals surface area contributed by atoms with E-state index in [-0.39, 0.29) is 35.8 Å². The summed E-state index contributed by atoms with van der Waals surface area (Å²) in [6, 6.07) is 17.0. The van der Waals surface area contributed by atoms with Gasteiger partial charge >= 0.3 is 6.18 Å². The minimum Gasteiger partial charge on any atom is -0.493 e. The summed E-state index contributed by atoms with van der Waals surface area (Å²) in [4.78, 5) is 1.76. The molecule has 0 spiro atoms. The van der Waals surface area contributed by atoms with Crippen molar-refractivity contribution in [1.29, 1.82) is 0 Å². The summed E-state index contributed by atoms with van der Waals surface area (Å²) in [5.41, 5.74) is 0.717. The number of aliphatic hydroxyl groups is 1. The zero-order chi connectivity index (χ0) is 27.1. The summed E-state index contributed by atoms with van der Waals surface area (Å²) in [7, 11) is -3.75. The van der Waals surface area contributed by atoms with Crippen LogP contribution >= 0.6 is 0 Å². The number of nitrogens with zero attached hydrogens (tertiary/aromatic N) is 1. The van der Waals surface area contributed by atoms with E-state index in [1.54, 1.807) is 6.07 Å². The highest BCUT2D eigenvalue weighted by Gasteiger charge is 2.30. The fourth-order valence-corrected chi connectivity index (χ4v) is 4.97. The number of benzene rings is 3. The molecule has 0 amide bonds. The Morgan fingerprint density at radius 1 is 0.946 bits per heavy atom. The van der Waals surface area contributed by atoms with E-state index in [4.69, 9.17) is 9.84 Å². The van der Waals surface area contributed by atoms with Gasteiger partial charge in [-0.15, -0.1) is 0 Å². The van der Waals surface area contributed by atoms with Gasteiger partial charge < -0.3 is 9.84 Å². The molecule has 0 radical (unpaired) electrons. The van der Waals surface area contributed by atoms with Crippen LogP contribution in [0.2, 0.25) is 0 Å². The maximum Gasteiger partial charge on any atom is 0.416 e. The van der Waals surface area contributed by atoms with Crippen LogP contribution in [0, 0.1) is 5.82 Å². The predicted molar refractivity (Wildman–Crippen MR) is 132 cm³/mol. The van der Waals surface area contributed by atoms with Crippen LogP contribution in [0.4, 0.5) is 17.6 Å². The number of aliphatic hydroxyl groups excluding tert-OH is 1. The van der Waals surface area contributed by atoms with Crippen LogP contribution in [0.3, 0.4) is 0 Å². The number of halogens is 4. The molecule has 37 heavy (non-hydrogen) atoms. The largest absolute Gasteiger partial charge is 0.493 e. The molecule has 3 aromatic carbocycles. The van der Waals surface area contributed by atoms with Crippen molar-refractivity contribution >= 4 is 9.84 Å². The number of sulfone groups is 1. The molecule has 0 atom stereocenters. The third kappa shape index (κ3) is 8.55. The Labute approximate surface area is 214 Å². The molecule has 0 unspecified atom stereocenters. The minimum atomic E-state index is -4.43. The van der Waals surface area contributed by atoms with E-state index < -0.39 is 34.0 Å². The summed E-state index contributed by atoms with van der Waals surface area (Å²) in [6.07, 6.45) is -3.15. The number of ether oxygens (including phenoxy) is 1. The van der Waals surface area contributed by atoms with Crippen LogP contribution in [0.5, 0.6) is 5.75 Å². The molecule has 0 heterocycles. The van der Waals surface area contributed by atoms with E-state index in [0.717, 1.165) is 30.0 Å². The molecule has 200 valence electrons. The van der Waals surface area contributed by atoms with Gasteiger partial charge in [0, 0.05) is 44.1 Å². The lowest BCUT2D eigenvalue weighted by Crippen LogP contribution is -2.25. The van der Waals surface area contributed by atoms with E-state index in [1.807, 2.05) is 35.2 Å². The normalized spacial score (nSPS) is 12.2. The highest BCUT2D eigenvalue weighted by Crippen LogP contribution is 2.30. The van der Waals surface area contributed by atoms with Crippen LogP contribution in [0.15, 0.2) is 71.6 Å². The molecule has 1 N–H and O–H groups in total. The number of hydrogen-bond donors (Lipinski definition) is 1. The van der Waals surface area contributed by atoms with Crippen molar-refractivity contribution in [2.75, 3.05) is 26.0 Å². The molecule has 0 fully saturated rings. The zero-order valence-corrected chi connectivity index (χ0v) is 21.2. The summed E-state index contributed by atoms with van der Waals surface area (Å²) < 4.78 is 83.8. The Kier molecular flexibility index (Phi) is 9.69. The SMILES string of the molecule is CS(=O)(=O)c1cc(OCCCN(Cc2ccccc2)Cc2cccc(C(F)(F)F)c2)cc(F)c1CCO. The molecule has 0 aromatic heterocycles. The van der Waals surface area contributed by atoms with Gasteiger partial charge in [-0.2, -0.15) is 13.2 Å². The maximum absolute atomic E-state index is 14.5. The molecule has 0 aliphatic carbocycles. The summed E-state index contributed by atoms with van der Waals surface area (Å²) in [5.74, 6) is -0.727. The third-order valence-corrected chi connectivity index (χ3v) is 6.85. The van der Waals surface area contributed by atoms with Gasteiger partial charge in [-0.1, -0.05) is 48.5 Å². The highest BCUT2D eigenvalue weighted by molar-refractivity contribution is 7.90. The molecule has 10 heteroatoms. The lowest BCUT2D eigenvalue weighted by molar-refractivity contribution is -0.137. The molecule has 0 aliphatic rings. The van der Waals surface area contributed by atoms with Gasteiger partial charge in [0.25, 0.3) is 0 Å². The van der Waals surface area contributed by atoms with Crippen molar-refractivity contribution in [3.8, 4) is 5.75 Å². The highest BCUT2D eigenvalue weighted by atomic mass is 32.2. The number of rotatable bonds is 12. The van der Waals surface area contributed by atoms with Crippen molar-refractivity contribution in [2.24, 2.45) is 0 Å². The lowest BCUT2D eigenvalue weighted by atomic mass is 10.1. The molecule has 3 rings (SSSR count). The van der Waals surface area contributed by atoms with Crippen molar-refractivity contribution in [3.05, 3.63) is 94.8 Å². The van der Waals surface area contributed by atoms with E-state index in [0.29, 0.717) is 25.1 Å². The van der Waals surface area contributed by atoms with Crippen molar-refractivity contribution in [1.82, 2.24) is 4.90 Å². The van der Waals surface area contributed by atoms with Gasteiger partial charge in [0.15, 0.2) is 9.84 Å². The fraction of sp³-hybridized carbons (Fsp3) is 0.333. The molecular weight excluding hydrogens is 510 g/mol. The Hall–Kier alpha value is -2.95. The van der Waals surface area contributed by atoms with Crippen molar-refractivity contribution < 1.29 is 35.8 Å². The Bertz CT molecular complexity index is 1280. The van der Waals surface area contributed by atoms with Gasteiger partial charge in [0.1, 0.15) is 11.6 Å². The molecule has 3 aromatic rings. The van der Waals surface area contributed by atoms with Gasteiger partial charge in [0.05, 0.1) is 17.1 Å². The van der Waals surface area contributed by atoms with E-state index in [2.05, 4.69) is 0 Å². The zero-order valence-electron chi connectivity index (χ0n) is 20.3. The number of alkyl halides is 3. The Morgan fingerprint density at radius 3 is 2.27 bits per heavy atom. The second-order valence-electron chi connectivity index (χ2n) is 8.72. The molecule has 0 saturated heterocycles. The van der Waals surface area contributed by atoms with Gasteiger partial charge in [-0.25, -0.2) is 12.8 Å². The first kappa shape index (κ1) is 28.6. The molecule has 5 nitrogen and oxygen atoms in total. The molecule has 0 bridgehead atoms. The average molecular weight is 540 g/mol. The van der Waals surface area contributed by atoms with Crippen LogP contribution in [-0.4, -0.2) is 44.4 Å². The van der Waals surface area contributed by atoms with E-state index in [9.17, 15) is 26.0 Å². The second-order valence-corrected chi connectivity index (χ2v) is 10.7. The quantitative estimate of drug-likeness (QED) is 0.252. The predicted octanol–water partition coefficient (Wildman–Crippen LogP) is 5.25. The van der Waals surface area contributed by atoms with E-state index in [1.165, 1.54) is 12.1 Å².